The van der Waals surface area contributed by atoms with Gasteiger partial charge in [-0.25, -0.2) is 5.84 Å². The predicted octanol–water partition coefficient (Wildman–Crippen LogP) is 1.64. The van der Waals surface area contributed by atoms with E-state index in [0.717, 1.165) is 0 Å². The van der Waals surface area contributed by atoms with E-state index in [-0.39, 0.29) is 4.90 Å². The Bertz CT molecular complexity index is 568. The van der Waals surface area contributed by atoms with Gasteiger partial charge in [0.2, 0.25) is 0 Å². The lowest BCUT2D eigenvalue weighted by atomic mass is 10.3. The van der Waals surface area contributed by atoms with Crippen molar-refractivity contribution in [2.24, 2.45) is 10.2 Å². The molecule has 0 atom stereocenters. The van der Waals surface area contributed by atoms with Gasteiger partial charge in [0.1, 0.15) is 10.7 Å². The molecule has 0 fully saturated rings. The van der Waals surface area contributed by atoms with Gasteiger partial charge in [0.15, 0.2) is 0 Å². The van der Waals surface area contributed by atoms with E-state index in [1.807, 2.05) is 0 Å². The van der Waals surface area contributed by atoms with Crippen LogP contribution in [0.5, 0.6) is 0 Å². The summed E-state index contributed by atoms with van der Waals surface area (Å²) in [5.74, 6) is 6.14. The number of hydrazine groups is 1. The van der Waals surface area contributed by atoms with Crippen LogP contribution in [0.3, 0.4) is 0 Å². The van der Waals surface area contributed by atoms with Crippen LogP contribution >= 0.6 is 15.9 Å². The second kappa shape index (κ2) is 3.83. The van der Waals surface area contributed by atoms with E-state index >= 15 is 0 Å². The number of hydrogen-bond acceptors (Lipinski definition) is 4. The van der Waals surface area contributed by atoms with Crippen molar-refractivity contribution in [1.29, 1.82) is 0 Å². The average molecular weight is 304 g/mol. The van der Waals surface area contributed by atoms with Gasteiger partial charge in [-0.05, 0) is 18.2 Å². The Labute approximate surface area is 102 Å². The monoisotopic (exact) mass is 303 g/mol. The van der Waals surface area contributed by atoms with E-state index in [0.29, 0.717) is 22.4 Å². The number of nitrogens with zero attached hydrogens (tertiary/aromatic N) is 2. The van der Waals surface area contributed by atoms with Gasteiger partial charge in [-0.1, -0.05) is 22.9 Å². The Morgan fingerprint density at radius 2 is 2.19 bits per heavy atom. The van der Waals surface area contributed by atoms with Crippen LogP contribution in [-0.2, 0) is 10.0 Å². The largest absolute Gasteiger partial charge is 0.286 e. The minimum Gasteiger partial charge on any atom is -0.264 e. The van der Waals surface area contributed by atoms with E-state index < -0.39 is 10.0 Å². The van der Waals surface area contributed by atoms with Crippen molar-refractivity contribution in [3.05, 3.63) is 22.7 Å². The molecule has 1 aromatic carbocycles. The van der Waals surface area contributed by atoms with Crippen molar-refractivity contribution in [3.8, 4) is 0 Å². The fourth-order valence-corrected chi connectivity index (χ4v) is 3.31. The Morgan fingerprint density at radius 3 is 2.81 bits per heavy atom. The number of hydrogen-bond donors (Lipinski definition) is 1. The first-order chi connectivity index (χ1) is 7.45. The van der Waals surface area contributed by atoms with Crippen molar-refractivity contribution in [2.45, 2.75) is 18.2 Å². The molecule has 0 aromatic heterocycles. The van der Waals surface area contributed by atoms with Gasteiger partial charge in [-0.2, -0.15) is 8.42 Å². The van der Waals surface area contributed by atoms with E-state index in [1.54, 1.807) is 19.1 Å². The molecular formula is C9H10BrN3O2S. The number of rotatable bonds is 1. The number of nitrogens with two attached hydrogens (primary N) is 1. The molecule has 1 aliphatic rings. The first-order valence-electron chi connectivity index (χ1n) is 4.64. The molecule has 1 aromatic rings. The van der Waals surface area contributed by atoms with Gasteiger partial charge in [0.25, 0.3) is 10.0 Å². The number of fused-ring (bicyclic) bond motifs is 1. The summed E-state index contributed by atoms with van der Waals surface area (Å²) in [6.07, 6.45) is 0.464. The average Bonchev–Trinajstić information content (AvgIpc) is 2.23. The molecule has 0 bridgehead atoms. The molecule has 0 radical (unpaired) electrons. The van der Waals surface area contributed by atoms with E-state index in [4.69, 9.17) is 5.84 Å². The Kier molecular flexibility index (Phi) is 2.77. The topological polar surface area (TPSA) is 75.8 Å². The fraction of sp³-hybridized carbons (Fsp3) is 0.222. The quantitative estimate of drug-likeness (QED) is 0.800. The standard InChI is InChI=1S/C9H10BrN3O2S/c1-2-9-12-16(14,15)8-5-6(10)3-4-7(8)13(9)11/h3-5H,2,11H2,1H3. The van der Waals surface area contributed by atoms with Crippen LogP contribution in [0.1, 0.15) is 13.3 Å². The molecule has 7 heteroatoms. The second-order valence-corrected chi connectivity index (χ2v) is 5.81. The van der Waals surface area contributed by atoms with Crippen LogP contribution in [0.4, 0.5) is 5.69 Å². The molecule has 2 rings (SSSR count). The molecule has 0 aliphatic carbocycles. The Hall–Kier alpha value is -0.920. The van der Waals surface area contributed by atoms with E-state index in [9.17, 15) is 8.42 Å². The maximum atomic E-state index is 11.8. The third kappa shape index (κ3) is 1.74. The molecule has 0 saturated carbocycles. The normalized spacial score (nSPS) is 17.9. The maximum Gasteiger partial charge on any atom is 0.286 e. The second-order valence-electron chi connectivity index (χ2n) is 3.32. The molecule has 1 aliphatic heterocycles. The summed E-state index contributed by atoms with van der Waals surface area (Å²) in [5, 5.41) is 1.31. The lowest BCUT2D eigenvalue weighted by Gasteiger charge is -2.25. The molecule has 2 N–H and O–H groups in total. The Balaban J connectivity index is 2.72. The van der Waals surface area contributed by atoms with Gasteiger partial charge in [0, 0.05) is 10.9 Å². The minimum absolute atomic E-state index is 0.126. The molecular weight excluding hydrogens is 294 g/mol. The van der Waals surface area contributed by atoms with Gasteiger partial charge >= 0.3 is 0 Å². The molecule has 0 unspecified atom stereocenters. The lowest BCUT2D eigenvalue weighted by molar-refractivity contribution is 0.596. The van der Waals surface area contributed by atoms with Crippen LogP contribution in [0.2, 0.25) is 0 Å². The molecule has 16 heavy (non-hydrogen) atoms. The van der Waals surface area contributed by atoms with Crippen molar-refractivity contribution in [2.75, 3.05) is 5.01 Å². The maximum absolute atomic E-state index is 11.8. The summed E-state index contributed by atoms with van der Waals surface area (Å²) >= 11 is 3.22. The van der Waals surface area contributed by atoms with Gasteiger partial charge in [-0.15, -0.1) is 4.40 Å². The number of halogens is 1. The number of benzene rings is 1. The number of amidine groups is 1. The summed E-state index contributed by atoms with van der Waals surface area (Å²) in [4.78, 5) is 0.126. The highest BCUT2D eigenvalue weighted by atomic mass is 79.9. The highest BCUT2D eigenvalue weighted by Crippen LogP contribution is 2.32. The summed E-state index contributed by atoms with van der Waals surface area (Å²) in [7, 11) is -3.62. The van der Waals surface area contributed by atoms with Crippen LogP contribution in [0.25, 0.3) is 0 Å². The highest BCUT2D eigenvalue weighted by molar-refractivity contribution is 9.10. The van der Waals surface area contributed by atoms with Gasteiger partial charge in [-0.3, -0.25) is 5.01 Å². The zero-order valence-electron chi connectivity index (χ0n) is 8.51. The zero-order chi connectivity index (χ0) is 11.9. The third-order valence-electron chi connectivity index (χ3n) is 2.28. The van der Waals surface area contributed by atoms with Crippen LogP contribution < -0.4 is 10.9 Å². The first kappa shape index (κ1) is 11.6. The van der Waals surface area contributed by atoms with Crippen molar-refractivity contribution < 1.29 is 8.42 Å². The highest BCUT2D eigenvalue weighted by Gasteiger charge is 2.28. The third-order valence-corrected chi connectivity index (χ3v) is 4.11. The van der Waals surface area contributed by atoms with Crippen LogP contribution in [0.15, 0.2) is 32.0 Å². The van der Waals surface area contributed by atoms with Gasteiger partial charge in [0.05, 0.1) is 5.69 Å². The molecule has 1 heterocycles. The summed E-state index contributed by atoms with van der Waals surface area (Å²) in [6.45, 7) is 1.80. The molecule has 0 spiro atoms. The number of sulfonamides is 1. The minimum atomic E-state index is -3.62. The zero-order valence-corrected chi connectivity index (χ0v) is 10.9. The van der Waals surface area contributed by atoms with Crippen LogP contribution in [0, 0.1) is 0 Å². The van der Waals surface area contributed by atoms with E-state index in [2.05, 4.69) is 20.3 Å². The van der Waals surface area contributed by atoms with Crippen LogP contribution in [-0.4, -0.2) is 14.3 Å². The molecule has 0 saturated heterocycles. The molecule has 0 amide bonds. The fourth-order valence-electron chi connectivity index (χ4n) is 1.50. The van der Waals surface area contributed by atoms with Crippen molar-refractivity contribution >= 4 is 37.5 Å². The Morgan fingerprint density at radius 1 is 1.50 bits per heavy atom. The summed E-state index contributed by atoms with van der Waals surface area (Å²) in [6, 6.07) is 4.90. The lowest BCUT2D eigenvalue weighted by Crippen LogP contribution is -2.40. The smallest absolute Gasteiger partial charge is 0.264 e. The predicted molar refractivity (Wildman–Crippen MR) is 65.7 cm³/mol. The summed E-state index contributed by atoms with van der Waals surface area (Å²) in [5.41, 5.74) is 0.454. The van der Waals surface area contributed by atoms with Gasteiger partial charge < -0.3 is 0 Å². The molecule has 86 valence electrons. The molecule has 5 nitrogen and oxygen atoms in total. The first-order valence-corrected chi connectivity index (χ1v) is 6.87. The van der Waals surface area contributed by atoms with Crippen molar-refractivity contribution in [1.82, 2.24) is 0 Å². The van der Waals surface area contributed by atoms with E-state index in [1.165, 1.54) is 11.1 Å². The van der Waals surface area contributed by atoms with Crippen molar-refractivity contribution in [3.63, 3.8) is 0 Å². The SMILES string of the molecule is CCC1=NS(=O)(=O)c2cc(Br)ccc2N1N. The number of anilines is 1. The summed E-state index contributed by atoms with van der Waals surface area (Å²) < 4.78 is 28.0.